The number of nitrogens with zero attached hydrogens (tertiary/aromatic N) is 1. The van der Waals surface area contributed by atoms with Crippen molar-refractivity contribution >= 4 is 11.8 Å². The maximum Gasteiger partial charge on any atom is 0.342 e. The van der Waals surface area contributed by atoms with Gasteiger partial charge in [-0.05, 0) is 44.2 Å². The van der Waals surface area contributed by atoms with Gasteiger partial charge in [-0.3, -0.25) is 4.79 Å². The first kappa shape index (κ1) is 19.2. The number of ether oxygens (including phenoxy) is 2. The largest absolute Gasteiger partial charge is 0.504 e. The van der Waals surface area contributed by atoms with Gasteiger partial charge in [-0.1, -0.05) is 24.3 Å². The van der Waals surface area contributed by atoms with Crippen LogP contribution in [-0.2, 0) is 4.74 Å². The predicted molar refractivity (Wildman–Crippen MR) is 105 cm³/mol. The van der Waals surface area contributed by atoms with Gasteiger partial charge in [-0.15, -0.1) is 0 Å². The number of aromatic nitrogens is 1. The number of esters is 1. The van der Waals surface area contributed by atoms with Gasteiger partial charge in [0, 0.05) is 22.6 Å². The third-order valence-corrected chi connectivity index (χ3v) is 4.52. The Bertz CT molecular complexity index is 1020. The SMILES string of the molecule is COc1cccc(C(=O)OCC(=O)c2cc(C)n(-c3ccccc3)c2C)c1O. The standard InChI is InChI=1S/C22H21NO5/c1-14-12-18(15(2)23(14)16-8-5-4-6-9-16)19(24)13-28-22(26)17-10-7-11-20(27-3)21(17)25/h4-12,25H,13H2,1-3H3. The minimum absolute atomic E-state index is 0.0538. The van der Waals surface area contributed by atoms with Crippen LogP contribution in [0.4, 0.5) is 0 Å². The van der Waals surface area contributed by atoms with E-state index in [1.165, 1.54) is 19.2 Å². The molecule has 0 fully saturated rings. The van der Waals surface area contributed by atoms with E-state index in [4.69, 9.17) is 9.47 Å². The van der Waals surface area contributed by atoms with E-state index in [0.29, 0.717) is 5.56 Å². The quantitative estimate of drug-likeness (QED) is 0.520. The molecular formula is C22H21NO5. The number of methoxy groups -OCH3 is 1. The Kier molecular flexibility index (Phi) is 5.49. The number of para-hydroxylation sites is 2. The maximum absolute atomic E-state index is 12.6. The van der Waals surface area contributed by atoms with E-state index in [9.17, 15) is 14.7 Å². The van der Waals surface area contributed by atoms with Gasteiger partial charge in [0.25, 0.3) is 0 Å². The Balaban J connectivity index is 1.77. The predicted octanol–water partition coefficient (Wildman–Crippen LogP) is 3.85. The number of phenols is 1. The van der Waals surface area contributed by atoms with E-state index in [1.807, 2.05) is 48.7 Å². The van der Waals surface area contributed by atoms with Crippen molar-refractivity contribution in [3.05, 3.63) is 77.1 Å². The lowest BCUT2D eigenvalue weighted by Crippen LogP contribution is -2.15. The summed E-state index contributed by atoms with van der Waals surface area (Å²) < 4.78 is 12.1. The Hall–Kier alpha value is -3.54. The van der Waals surface area contributed by atoms with Crippen molar-refractivity contribution in [2.45, 2.75) is 13.8 Å². The number of benzene rings is 2. The van der Waals surface area contributed by atoms with Crippen molar-refractivity contribution < 1.29 is 24.2 Å². The smallest absolute Gasteiger partial charge is 0.342 e. The number of aromatic hydroxyl groups is 1. The second-order valence-electron chi connectivity index (χ2n) is 6.31. The highest BCUT2D eigenvalue weighted by atomic mass is 16.5. The summed E-state index contributed by atoms with van der Waals surface area (Å²) in [4.78, 5) is 24.9. The molecule has 1 N–H and O–H groups in total. The monoisotopic (exact) mass is 379 g/mol. The van der Waals surface area contributed by atoms with Gasteiger partial charge in [0.1, 0.15) is 5.56 Å². The number of rotatable bonds is 6. The van der Waals surface area contributed by atoms with Gasteiger partial charge in [-0.2, -0.15) is 0 Å². The Morgan fingerprint density at radius 1 is 1.00 bits per heavy atom. The second-order valence-corrected chi connectivity index (χ2v) is 6.31. The van der Waals surface area contributed by atoms with E-state index in [1.54, 1.807) is 12.1 Å². The van der Waals surface area contributed by atoms with Crippen LogP contribution in [0.2, 0.25) is 0 Å². The molecule has 0 radical (unpaired) electrons. The molecule has 0 aliphatic heterocycles. The number of ketones is 1. The molecule has 1 heterocycles. The fourth-order valence-corrected chi connectivity index (χ4v) is 3.16. The summed E-state index contributed by atoms with van der Waals surface area (Å²) in [5.41, 5.74) is 3.07. The van der Waals surface area contributed by atoms with Crippen LogP contribution in [0.5, 0.6) is 11.5 Å². The van der Waals surface area contributed by atoms with Crippen LogP contribution in [0.25, 0.3) is 5.69 Å². The molecule has 2 aromatic carbocycles. The number of hydrogen-bond acceptors (Lipinski definition) is 5. The van der Waals surface area contributed by atoms with Gasteiger partial charge in [0.15, 0.2) is 18.1 Å². The minimum atomic E-state index is -0.790. The molecule has 3 rings (SSSR count). The summed E-state index contributed by atoms with van der Waals surface area (Å²) in [6.07, 6.45) is 0. The molecule has 0 atom stereocenters. The highest BCUT2D eigenvalue weighted by Crippen LogP contribution is 2.30. The average Bonchev–Trinajstić information content (AvgIpc) is 3.01. The molecule has 144 valence electrons. The van der Waals surface area contributed by atoms with Crippen LogP contribution in [0.3, 0.4) is 0 Å². The fraction of sp³-hybridized carbons (Fsp3) is 0.182. The molecule has 0 aliphatic carbocycles. The molecule has 0 aliphatic rings. The number of aryl methyl sites for hydroxylation is 1. The molecule has 0 spiro atoms. The van der Waals surface area contributed by atoms with E-state index < -0.39 is 12.6 Å². The molecule has 3 aromatic rings. The Morgan fingerprint density at radius 3 is 2.39 bits per heavy atom. The molecule has 6 heteroatoms. The Morgan fingerprint density at radius 2 is 1.71 bits per heavy atom. The number of Topliss-reactive ketones (excluding diaryl/α,β-unsaturated/α-hetero) is 1. The second kappa shape index (κ2) is 8.00. The maximum atomic E-state index is 12.6. The lowest BCUT2D eigenvalue weighted by Gasteiger charge is -2.10. The zero-order chi connectivity index (χ0) is 20.3. The van der Waals surface area contributed by atoms with Crippen molar-refractivity contribution in [2.24, 2.45) is 0 Å². The van der Waals surface area contributed by atoms with E-state index in [2.05, 4.69) is 0 Å². The van der Waals surface area contributed by atoms with Gasteiger partial charge >= 0.3 is 5.97 Å². The minimum Gasteiger partial charge on any atom is -0.504 e. The summed E-state index contributed by atoms with van der Waals surface area (Å²) in [5, 5.41) is 10.0. The summed E-state index contributed by atoms with van der Waals surface area (Å²) in [6, 6.07) is 16.0. The summed E-state index contributed by atoms with van der Waals surface area (Å²) in [7, 11) is 1.39. The van der Waals surface area contributed by atoms with Crippen molar-refractivity contribution in [1.82, 2.24) is 4.57 Å². The molecular weight excluding hydrogens is 358 g/mol. The lowest BCUT2D eigenvalue weighted by molar-refractivity contribution is 0.0471. The van der Waals surface area contributed by atoms with E-state index in [-0.39, 0.29) is 22.8 Å². The lowest BCUT2D eigenvalue weighted by atomic mass is 10.1. The van der Waals surface area contributed by atoms with E-state index in [0.717, 1.165) is 17.1 Å². The molecule has 0 bridgehead atoms. The average molecular weight is 379 g/mol. The molecule has 6 nitrogen and oxygen atoms in total. The van der Waals surface area contributed by atoms with Crippen LogP contribution in [-0.4, -0.2) is 35.1 Å². The molecule has 0 saturated heterocycles. The third kappa shape index (κ3) is 3.62. The third-order valence-electron chi connectivity index (χ3n) is 4.52. The first-order valence-corrected chi connectivity index (χ1v) is 8.74. The van der Waals surface area contributed by atoms with E-state index >= 15 is 0 Å². The molecule has 0 saturated carbocycles. The van der Waals surface area contributed by atoms with Crippen LogP contribution in [0.1, 0.15) is 32.1 Å². The number of carbonyl (C=O) groups is 2. The first-order valence-electron chi connectivity index (χ1n) is 8.74. The van der Waals surface area contributed by atoms with Crippen LogP contribution >= 0.6 is 0 Å². The highest BCUT2D eigenvalue weighted by molar-refractivity contribution is 6.01. The number of hydrogen-bond donors (Lipinski definition) is 1. The highest BCUT2D eigenvalue weighted by Gasteiger charge is 2.20. The Labute approximate surface area is 162 Å². The number of phenolic OH excluding ortho intramolecular Hbond substituents is 1. The summed E-state index contributed by atoms with van der Waals surface area (Å²) >= 11 is 0. The summed E-state index contributed by atoms with van der Waals surface area (Å²) in [6.45, 7) is 3.34. The van der Waals surface area contributed by atoms with Crippen LogP contribution < -0.4 is 4.74 Å². The van der Waals surface area contributed by atoms with Crippen molar-refractivity contribution in [3.8, 4) is 17.2 Å². The zero-order valence-electron chi connectivity index (χ0n) is 15.9. The number of carbonyl (C=O) groups excluding carboxylic acids is 2. The van der Waals surface area contributed by atoms with Gasteiger partial charge in [-0.25, -0.2) is 4.79 Å². The molecule has 1 aromatic heterocycles. The van der Waals surface area contributed by atoms with Crippen molar-refractivity contribution in [2.75, 3.05) is 13.7 Å². The van der Waals surface area contributed by atoms with Gasteiger partial charge in [0.2, 0.25) is 5.78 Å². The molecule has 0 unspecified atom stereocenters. The fourth-order valence-electron chi connectivity index (χ4n) is 3.16. The molecule has 28 heavy (non-hydrogen) atoms. The first-order chi connectivity index (χ1) is 13.4. The van der Waals surface area contributed by atoms with Crippen molar-refractivity contribution in [1.29, 1.82) is 0 Å². The molecule has 0 amide bonds. The normalized spacial score (nSPS) is 10.5. The zero-order valence-corrected chi connectivity index (χ0v) is 15.9. The summed E-state index contributed by atoms with van der Waals surface area (Å²) in [5.74, 6) is -1.26. The van der Waals surface area contributed by atoms with Crippen LogP contribution in [0.15, 0.2) is 54.6 Å². The topological polar surface area (TPSA) is 77.8 Å². The van der Waals surface area contributed by atoms with Gasteiger partial charge in [0.05, 0.1) is 7.11 Å². The van der Waals surface area contributed by atoms with Gasteiger partial charge < -0.3 is 19.1 Å². The van der Waals surface area contributed by atoms with Crippen LogP contribution in [0, 0.1) is 13.8 Å². The van der Waals surface area contributed by atoms with Crippen molar-refractivity contribution in [3.63, 3.8) is 0 Å².